The van der Waals surface area contributed by atoms with Crippen LogP contribution in [0.25, 0.3) is 0 Å². The van der Waals surface area contributed by atoms with Gasteiger partial charge in [0.05, 0.1) is 22.8 Å². The molecule has 0 fully saturated rings. The molecule has 0 amide bonds. The van der Waals surface area contributed by atoms with Crippen LogP contribution in [0.4, 0.5) is 0 Å². The number of aromatic carboxylic acids is 1. The molecule has 0 bridgehead atoms. The molecule has 3 N–H and O–H groups in total. The van der Waals surface area contributed by atoms with Crippen molar-refractivity contribution in [1.29, 1.82) is 5.26 Å². The summed E-state index contributed by atoms with van der Waals surface area (Å²) in [6.07, 6.45) is 0. The number of benzene rings is 2. The van der Waals surface area contributed by atoms with Gasteiger partial charge in [-0.25, -0.2) is 9.59 Å². The predicted octanol–water partition coefficient (Wildman–Crippen LogP) is 1.97. The number of nitriles is 1. The Kier molecular flexibility index (Phi) is 6.12. The smallest absolute Gasteiger partial charge is 0.356 e. The molecule has 0 aromatic heterocycles. The van der Waals surface area contributed by atoms with Gasteiger partial charge in [-0.15, -0.1) is 0 Å². The summed E-state index contributed by atoms with van der Waals surface area (Å²) in [6.45, 7) is 0. The van der Waals surface area contributed by atoms with E-state index < -0.39 is 11.9 Å². The van der Waals surface area contributed by atoms with Gasteiger partial charge in [-0.05, 0) is 36.4 Å². The van der Waals surface area contributed by atoms with Crippen LogP contribution in [0.15, 0.2) is 54.6 Å². The van der Waals surface area contributed by atoms with Crippen molar-refractivity contribution in [2.24, 2.45) is 5.90 Å². The second-order valence-electron chi connectivity index (χ2n) is 3.77. The number of carboxylic acid groups (broad SMARTS) is 1. The van der Waals surface area contributed by atoms with Gasteiger partial charge in [-0.1, -0.05) is 18.2 Å². The third kappa shape index (κ3) is 5.14. The minimum Gasteiger partial charge on any atom is -0.478 e. The van der Waals surface area contributed by atoms with Gasteiger partial charge in [-0.2, -0.15) is 11.2 Å². The summed E-state index contributed by atoms with van der Waals surface area (Å²) in [4.78, 5) is 25.2. The molecule has 0 aliphatic rings. The molecule has 21 heavy (non-hydrogen) atoms. The molecule has 0 heterocycles. The van der Waals surface area contributed by atoms with Gasteiger partial charge in [0.2, 0.25) is 0 Å². The van der Waals surface area contributed by atoms with Crippen LogP contribution in [0.3, 0.4) is 0 Å². The number of hydrogen-bond acceptors (Lipinski definition) is 5. The molecule has 0 saturated carbocycles. The molecule has 0 aliphatic heterocycles. The van der Waals surface area contributed by atoms with E-state index in [1.165, 1.54) is 24.3 Å². The van der Waals surface area contributed by atoms with Crippen LogP contribution in [0.2, 0.25) is 0 Å². The van der Waals surface area contributed by atoms with Crippen molar-refractivity contribution in [2.75, 3.05) is 0 Å². The average Bonchev–Trinajstić information content (AvgIpc) is 2.55. The lowest BCUT2D eigenvalue weighted by Crippen LogP contribution is -2.10. The maximum absolute atomic E-state index is 10.8. The number of hydrogen-bond donors (Lipinski definition) is 2. The predicted molar refractivity (Wildman–Crippen MR) is 74.2 cm³/mol. The first kappa shape index (κ1) is 15.9. The van der Waals surface area contributed by atoms with E-state index in [9.17, 15) is 9.59 Å². The van der Waals surface area contributed by atoms with Crippen molar-refractivity contribution < 1.29 is 19.5 Å². The Morgan fingerprint density at radius 2 is 1.52 bits per heavy atom. The van der Waals surface area contributed by atoms with Gasteiger partial charge >= 0.3 is 11.9 Å². The minimum absolute atomic E-state index is 0.105. The molecule has 0 atom stereocenters. The Hall–Kier alpha value is -3.17. The van der Waals surface area contributed by atoms with Crippen molar-refractivity contribution in [3.63, 3.8) is 0 Å². The molecule has 0 aliphatic carbocycles. The molecule has 2 rings (SSSR count). The summed E-state index contributed by atoms with van der Waals surface area (Å²) in [5, 5.41) is 16.8. The van der Waals surface area contributed by atoms with Crippen molar-refractivity contribution in [3.8, 4) is 6.07 Å². The maximum Gasteiger partial charge on any atom is 0.356 e. The summed E-state index contributed by atoms with van der Waals surface area (Å²) in [7, 11) is 0. The number of carbonyl (C=O) groups is 2. The van der Waals surface area contributed by atoms with Gasteiger partial charge in [0.15, 0.2) is 0 Å². The number of nitrogens with zero attached hydrogens (tertiary/aromatic N) is 1. The van der Waals surface area contributed by atoms with E-state index in [-0.39, 0.29) is 11.1 Å². The van der Waals surface area contributed by atoms with Crippen LogP contribution in [-0.2, 0) is 4.84 Å². The van der Waals surface area contributed by atoms with Gasteiger partial charge in [0.25, 0.3) is 0 Å². The number of nitrogens with two attached hydrogens (primary N) is 1. The minimum atomic E-state index is -1.05. The van der Waals surface area contributed by atoms with Crippen molar-refractivity contribution in [3.05, 3.63) is 71.3 Å². The van der Waals surface area contributed by atoms with E-state index in [4.69, 9.17) is 10.4 Å². The molecule has 0 spiro atoms. The molecule has 0 saturated heterocycles. The molecule has 0 unspecified atom stereocenters. The van der Waals surface area contributed by atoms with E-state index in [1.807, 2.05) is 24.3 Å². The lowest BCUT2D eigenvalue weighted by atomic mass is 10.1. The average molecular weight is 284 g/mol. The fourth-order valence-electron chi connectivity index (χ4n) is 1.33. The highest BCUT2D eigenvalue weighted by Gasteiger charge is 2.07. The van der Waals surface area contributed by atoms with E-state index in [0.717, 1.165) is 0 Å². The van der Waals surface area contributed by atoms with E-state index in [0.29, 0.717) is 5.56 Å². The van der Waals surface area contributed by atoms with Crippen molar-refractivity contribution >= 4 is 11.9 Å². The molecular weight excluding hydrogens is 272 g/mol. The molecule has 6 nitrogen and oxygen atoms in total. The molecule has 0 radical (unpaired) electrons. The number of carboxylic acids is 1. The first-order chi connectivity index (χ1) is 10.1. The highest BCUT2D eigenvalue weighted by atomic mass is 16.7. The molecule has 2 aromatic carbocycles. The van der Waals surface area contributed by atoms with E-state index in [1.54, 1.807) is 12.1 Å². The van der Waals surface area contributed by atoms with Gasteiger partial charge in [0.1, 0.15) is 0 Å². The second kappa shape index (κ2) is 8.09. The zero-order valence-corrected chi connectivity index (χ0v) is 10.9. The zero-order valence-electron chi connectivity index (χ0n) is 10.9. The zero-order chi connectivity index (χ0) is 15.7. The lowest BCUT2D eigenvalue weighted by Gasteiger charge is -1.97. The molecule has 2 aromatic rings. The highest BCUT2D eigenvalue weighted by molar-refractivity contribution is 5.92. The fourth-order valence-corrected chi connectivity index (χ4v) is 1.33. The van der Waals surface area contributed by atoms with Crippen LogP contribution in [0, 0.1) is 11.3 Å². The van der Waals surface area contributed by atoms with Crippen molar-refractivity contribution in [2.45, 2.75) is 0 Å². The van der Waals surface area contributed by atoms with Crippen LogP contribution in [0.1, 0.15) is 26.3 Å². The normalized spacial score (nSPS) is 8.76. The van der Waals surface area contributed by atoms with Gasteiger partial charge in [-0.3, -0.25) is 0 Å². The van der Waals surface area contributed by atoms with Crippen LogP contribution >= 0.6 is 0 Å². The summed E-state index contributed by atoms with van der Waals surface area (Å²) >= 11 is 0. The lowest BCUT2D eigenvalue weighted by molar-refractivity contribution is 0.0502. The van der Waals surface area contributed by atoms with Gasteiger partial charge < -0.3 is 9.94 Å². The topological polar surface area (TPSA) is 113 Å². The number of rotatable bonds is 2. The first-order valence-electron chi connectivity index (χ1n) is 5.78. The summed E-state index contributed by atoms with van der Waals surface area (Å²) < 4.78 is 0. The first-order valence-corrected chi connectivity index (χ1v) is 5.78. The van der Waals surface area contributed by atoms with Crippen LogP contribution < -0.4 is 5.90 Å². The SMILES string of the molecule is N#Cc1ccccc1.NOC(=O)c1ccc(C(=O)O)cc1. The summed E-state index contributed by atoms with van der Waals surface area (Å²) in [5.74, 6) is 2.89. The fraction of sp³-hybridized carbons (Fsp3) is 0. The largest absolute Gasteiger partial charge is 0.478 e. The van der Waals surface area contributed by atoms with Crippen LogP contribution in [-0.4, -0.2) is 17.0 Å². The molecule has 6 heteroatoms. The summed E-state index contributed by atoms with van der Waals surface area (Å²) in [5.41, 5.74) is 1.04. The monoisotopic (exact) mass is 284 g/mol. The Morgan fingerprint density at radius 3 is 1.90 bits per heavy atom. The van der Waals surface area contributed by atoms with E-state index in [2.05, 4.69) is 10.7 Å². The second-order valence-corrected chi connectivity index (χ2v) is 3.77. The third-order valence-corrected chi connectivity index (χ3v) is 2.38. The molecule has 106 valence electrons. The molecular formula is C15H12N2O4. The maximum atomic E-state index is 10.8. The Labute approximate surface area is 121 Å². The summed E-state index contributed by atoms with van der Waals surface area (Å²) in [6, 6.07) is 16.4. The number of carbonyl (C=O) groups excluding carboxylic acids is 1. The third-order valence-electron chi connectivity index (χ3n) is 2.38. The quantitative estimate of drug-likeness (QED) is 0.815. The Morgan fingerprint density at radius 1 is 1.00 bits per heavy atom. The Bertz CT molecular complexity index is 646. The highest BCUT2D eigenvalue weighted by Crippen LogP contribution is 2.04. The standard InChI is InChI=1S/C8H7NO4.C7H5N/c9-13-8(12)6-3-1-5(2-4-6)7(10)11;8-6-7-4-2-1-3-5-7/h1-4H,9H2,(H,10,11);1-5H. The van der Waals surface area contributed by atoms with E-state index >= 15 is 0 Å². The van der Waals surface area contributed by atoms with Crippen molar-refractivity contribution in [1.82, 2.24) is 0 Å². The Balaban J connectivity index is 0.000000235. The van der Waals surface area contributed by atoms with Gasteiger partial charge in [0, 0.05) is 0 Å². The van der Waals surface area contributed by atoms with Crippen LogP contribution in [0.5, 0.6) is 0 Å².